The predicted molar refractivity (Wildman–Crippen MR) is 142 cm³/mol. The van der Waals surface area contributed by atoms with Gasteiger partial charge in [-0.15, -0.1) is 0 Å². The monoisotopic (exact) mass is 539 g/mol. The van der Waals surface area contributed by atoms with Crippen molar-refractivity contribution in [3.63, 3.8) is 0 Å². The van der Waals surface area contributed by atoms with E-state index in [9.17, 15) is 8.42 Å². The van der Waals surface area contributed by atoms with Gasteiger partial charge in [-0.25, -0.2) is 8.42 Å². The molecule has 202 valence electrons. The molecule has 0 bridgehead atoms. The van der Waals surface area contributed by atoms with E-state index in [4.69, 9.17) is 24.2 Å². The summed E-state index contributed by atoms with van der Waals surface area (Å²) in [5.74, 6) is -0.0395. The van der Waals surface area contributed by atoms with Crippen molar-refractivity contribution < 1.29 is 32.6 Å². The second-order valence-electron chi connectivity index (χ2n) is 9.68. The highest BCUT2D eigenvalue weighted by Gasteiger charge is 2.51. The molecule has 0 amide bonds. The molecule has 0 aromatic heterocycles. The first-order valence-corrected chi connectivity index (χ1v) is 14.5. The van der Waals surface area contributed by atoms with Gasteiger partial charge in [-0.2, -0.15) is 0 Å². The average molecular weight is 540 g/mol. The van der Waals surface area contributed by atoms with Gasteiger partial charge in [0.25, 0.3) is 0 Å². The maximum absolute atomic E-state index is 12.8. The summed E-state index contributed by atoms with van der Waals surface area (Å²) in [5.41, 5.74) is 4.58. The lowest BCUT2D eigenvalue weighted by Crippen LogP contribution is -2.37. The normalized spacial score (nSPS) is 24.8. The third-order valence-electron chi connectivity index (χ3n) is 6.98. The van der Waals surface area contributed by atoms with Crippen LogP contribution in [0.2, 0.25) is 0 Å². The Balaban J connectivity index is 1.19. The SMILES string of the molecule is O=S(=O)(CC[C@H]1CC2O[C@H](COCc3ccccc3)[C@@H](OCc3ccccc3)C2O1)c1ccc(NO)cc1. The van der Waals surface area contributed by atoms with Crippen LogP contribution in [0, 0.1) is 0 Å². The number of sulfone groups is 1. The molecular formula is C29H33NO7S. The van der Waals surface area contributed by atoms with Crippen LogP contribution in [0.25, 0.3) is 0 Å². The number of hydrogen-bond acceptors (Lipinski definition) is 8. The molecule has 3 aromatic rings. The van der Waals surface area contributed by atoms with Crippen molar-refractivity contribution >= 4 is 15.5 Å². The van der Waals surface area contributed by atoms with Crippen molar-refractivity contribution in [1.29, 1.82) is 0 Å². The minimum Gasteiger partial charge on any atom is -0.374 e. The minimum atomic E-state index is -3.49. The van der Waals surface area contributed by atoms with E-state index in [-0.39, 0.29) is 41.2 Å². The lowest BCUT2D eigenvalue weighted by atomic mass is 10.1. The first kappa shape index (κ1) is 26.8. The molecule has 0 saturated carbocycles. The zero-order valence-electron chi connectivity index (χ0n) is 21.0. The fourth-order valence-corrected chi connectivity index (χ4v) is 6.35. The summed E-state index contributed by atoms with van der Waals surface area (Å²) in [6, 6.07) is 25.9. The highest BCUT2D eigenvalue weighted by Crippen LogP contribution is 2.38. The van der Waals surface area contributed by atoms with Crippen LogP contribution in [0.1, 0.15) is 24.0 Å². The summed E-state index contributed by atoms with van der Waals surface area (Å²) >= 11 is 0. The van der Waals surface area contributed by atoms with Crippen LogP contribution in [0.5, 0.6) is 0 Å². The van der Waals surface area contributed by atoms with E-state index in [1.807, 2.05) is 66.1 Å². The largest absolute Gasteiger partial charge is 0.374 e. The van der Waals surface area contributed by atoms with Crippen LogP contribution < -0.4 is 5.48 Å². The van der Waals surface area contributed by atoms with E-state index in [2.05, 4.69) is 0 Å². The smallest absolute Gasteiger partial charge is 0.178 e. The van der Waals surface area contributed by atoms with Crippen LogP contribution in [-0.2, 0) is 42.0 Å². The molecule has 5 rings (SSSR count). The van der Waals surface area contributed by atoms with Crippen LogP contribution >= 0.6 is 0 Å². The molecule has 8 nitrogen and oxygen atoms in total. The Bertz CT molecular complexity index is 1260. The predicted octanol–water partition coefficient (Wildman–Crippen LogP) is 4.38. The van der Waals surface area contributed by atoms with Crippen LogP contribution in [0.3, 0.4) is 0 Å². The number of nitrogens with one attached hydrogen (secondary N) is 1. The van der Waals surface area contributed by atoms with Gasteiger partial charge in [0.1, 0.15) is 18.3 Å². The van der Waals surface area contributed by atoms with Gasteiger partial charge in [-0.05, 0) is 41.8 Å². The van der Waals surface area contributed by atoms with E-state index in [0.717, 1.165) is 11.1 Å². The van der Waals surface area contributed by atoms with Gasteiger partial charge in [-0.1, -0.05) is 60.7 Å². The van der Waals surface area contributed by atoms with Gasteiger partial charge >= 0.3 is 0 Å². The Kier molecular flexibility index (Phi) is 8.73. The molecule has 2 aliphatic rings. The molecule has 2 aliphatic heterocycles. The van der Waals surface area contributed by atoms with Crippen molar-refractivity contribution in [3.05, 3.63) is 96.1 Å². The quantitative estimate of drug-likeness (QED) is 0.327. The second-order valence-corrected chi connectivity index (χ2v) is 11.8. The molecule has 3 aromatic carbocycles. The standard InChI is InChI=1S/C29H33NO7S/c31-30-23-11-13-25(14-12-23)38(32,33)16-15-24-17-26-29(36-24)28(35-19-22-9-5-2-6-10-22)27(37-26)20-34-18-21-7-3-1-4-8-21/h1-14,24,26-31H,15-20H2/t24-,26?,27+,28+,29?/m0/s1. The summed E-state index contributed by atoms with van der Waals surface area (Å²) in [6.45, 7) is 1.29. The molecule has 9 heteroatoms. The minimum absolute atomic E-state index is 0.0395. The zero-order chi connectivity index (χ0) is 26.4. The van der Waals surface area contributed by atoms with E-state index in [1.54, 1.807) is 0 Å². The third-order valence-corrected chi connectivity index (χ3v) is 8.74. The van der Waals surface area contributed by atoms with Gasteiger partial charge in [0, 0.05) is 6.42 Å². The van der Waals surface area contributed by atoms with Crippen molar-refractivity contribution in [3.8, 4) is 0 Å². The van der Waals surface area contributed by atoms with Crippen molar-refractivity contribution in [2.45, 2.75) is 61.5 Å². The fraction of sp³-hybridized carbons (Fsp3) is 0.379. The molecule has 38 heavy (non-hydrogen) atoms. The highest BCUT2D eigenvalue weighted by atomic mass is 32.2. The van der Waals surface area contributed by atoms with E-state index >= 15 is 0 Å². The maximum atomic E-state index is 12.8. The number of benzene rings is 3. The average Bonchev–Trinajstić information content (AvgIpc) is 3.49. The fourth-order valence-electron chi connectivity index (χ4n) is 4.99. The molecule has 2 N–H and O–H groups in total. The number of hydrogen-bond donors (Lipinski definition) is 2. The lowest BCUT2D eigenvalue weighted by molar-refractivity contribution is -0.101. The molecule has 0 aliphatic carbocycles. The molecule has 2 heterocycles. The van der Waals surface area contributed by atoms with Gasteiger partial charge in [0.15, 0.2) is 9.84 Å². The summed E-state index contributed by atoms with van der Waals surface area (Å²) in [5, 5.41) is 8.95. The number of rotatable bonds is 12. The number of fused-ring (bicyclic) bond motifs is 1. The van der Waals surface area contributed by atoms with E-state index < -0.39 is 9.84 Å². The maximum Gasteiger partial charge on any atom is 0.178 e. The summed E-state index contributed by atoms with van der Waals surface area (Å²) in [4.78, 5) is 0.214. The Morgan fingerprint density at radius 1 is 0.868 bits per heavy atom. The molecule has 0 radical (unpaired) electrons. The van der Waals surface area contributed by atoms with Crippen LogP contribution in [0.4, 0.5) is 5.69 Å². The Morgan fingerprint density at radius 3 is 2.18 bits per heavy atom. The van der Waals surface area contributed by atoms with Crippen LogP contribution in [0.15, 0.2) is 89.8 Å². The molecule has 2 saturated heterocycles. The van der Waals surface area contributed by atoms with Gasteiger partial charge in [-0.3, -0.25) is 10.7 Å². The van der Waals surface area contributed by atoms with E-state index in [0.29, 0.717) is 38.3 Å². The number of ether oxygens (including phenoxy) is 4. The third kappa shape index (κ3) is 6.61. The van der Waals surface area contributed by atoms with Crippen molar-refractivity contribution in [1.82, 2.24) is 0 Å². The van der Waals surface area contributed by atoms with Crippen LogP contribution in [-0.4, -0.2) is 56.5 Å². The van der Waals surface area contributed by atoms with Gasteiger partial charge < -0.3 is 18.9 Å². The molecule has 2 unspecified atom stereocenters. The molecule has 2 fully saturated rings. The topological polar surface area (TPSA) is 103 Å². The first-order valence-electron chi connectivity index (χ1n) is 12.8. The number of anilines is 1. The highest BCUT2D eigenvalue weighted by molar-refractivity contribution is 7.91. The molecule has 0 spiro atoms. The lowest BCUT2D eigenvalue weighted by Gasteiger charge is -2.24. The van der Waals surface area contributed by atoms with Crippen molar-refractivity contribution in [2.75, 3.05) is 17.8 Å². The second kappa shape index (κ2) is 12.4. The molecular weight excluding hydrogens is 506 g/mol. The summed E-state index contributed by atoms with van der Waals surface area (Å²) in [7, 11) is -3.49. The Labute approximate surface area is 223 Å². The summed E-state index contributed by atoms with van der Waals surface area (Å²) in [6.07, 6.45) is -0.341. The van der Waals surface area contributed by atoms with Gasteiger partial charge in [0.2, 0.25) is 0 Å². The zero-order valence-corrected chi connectivity index (χ0v) is 21.8. The summed E-state index contributed by atoms with van der Waals surface area (Å²) < 4.78 is 50.7. The first-order chi connectivity index (χ1) is 18.5. The molecule has 5 atom stereocenters. The Morgan fingerprint density at radius 2 is 1.53 bits per heavy atom. The van der Waals surface area contributed by atoms with E-state index in [1.165, 1.54) is 24.3 Å². The van der Waals surface area contributed by atoms with Crippen molar-refractivity contribution in [2.24, 2.45) is 0 Å². The van der Waals surface area contributed by atoms with Gasteiger partial charge in [0.05, 0.1) is 48.4 Å². The Hall–Kier alpha value is -2.79.